The predicted molar refractivity (Wildman–Crippen MR) is 153 cm³/mol. The molecule has 2 atom stereocenters. The summed E-state index contributed by atoms with van der Waals surface area (Å²) in [7, 11) is 0. The van der Waals surface area contributed by atoms with Crippen LogP contribution < -0.4 is 5.73 Å². The number of nitrogens with zero attached hydrogens (tertiary/aromatic N) is 5. The summed E-state index contributed by atoms with van der Waals surface area (Å²) in [5.41, 5.74) is 6.26. The lowest BCUT2D eigenvalue weighted by molar-refractivity contribution is 0.0823. The average molecular weight is 575 g/mol. The molecule has 2 N–H and O–H groups in total. The van der Waals surface area contributed by atoms with Crippen LogP contribution in [0.1, 0.15) is 44.6 Å². The van der Waals surface area contributed by atoms with Crippen LogP contribution >= 0.6 is 11.8 Å². The Hall–Kier alpha value is -3.05. The van der Waals surface area contributed by atoms with Gasteiger partial charge in [0.05, 0.1) is 18.2 Å². The second-order valence-electron chi connectivity index (χ2n) is 11.1. The lowest BCUT2D eigenvalue weighted by Gasteiger charge is -2.42. The lowest BCUT2D eigenvalue weighted by Crippen LogP contribution is -2.52. The third kappa shape index (κ3) is 7.17. The van der Waals surface area contributed by atoms with Crippen molar-refractivity contribution in [1.29, 1.82) is 0 Å². The highest BCUT2D eigenvalue weighted by molar-refractivity contribution is 7.99. The van der Waals surface area contributed by atoms with Crippen molar-refractivity contribution >= 4 is 17.8 Å². The van der Waals surface area contributed by atoms with Crippen molar-refractivity contribution in [3.05, 3.63) is 71.6 Å². The molecule has 1 aliphatic heterocycles. The number of hydrogen-bond acceptors (Lipinski definition) is 5. The minimum Gasteiger partial charge on any atom is -0.325 e. The van der Waals surface area contributed by atoms with Crippen LogP contribution in [0.25, 0.3) is 11.4 Å². The summed E-state index contributed by atoms with van der Waals surface area (Å²) in [5, 5.41) is 4.64. The molecule has 2 aromatic carbocycles. The van der Waals surface area contributed by atoms with Gasteiger partial charge in [0.1, 0.15) is 18.3 Å². The first kappa shape index (κ1) is 29.9. The molecular weight excluding hydrogens is 537 g/mol. The highest BCUT2D eigenvalue weighted by Gasteiger charge is 2.40. The van der Waals surface area contributed by atoms with Crippen LogP contribution in [0, 0.1) is 17.0 Å². The molecule has 0 spiro atoms. The Morgan fingerprint density at radius 1 is 1.12 bits per heavy atom. The number of hydrogen-bond donors (Lipinski definition) is 1. The standard InChI is InChI=1S/C29H37F3N6OS/c1-29(2,3)25(37(12-11-22(33)18-30)28(39)36-13-15-40-16-14-36)27-34-26(23-17-21(31)9-10-24(23)32)35-38(27)19-20-7-5-4-6-8-20/h4-10,17,22,25H,11-16,18-19,33H2,1-3H3/t22-,25?/m0/s1. The van der Waals surface area contributed by atoms with Crippen molar-refractivity contribution in [2.24, 2.45) is 11.1 Å². The number of rotatable bonds is 9. The van der Waals surface area contributed by atoms with E-state index in [1.54, 1.807) is 26.2 Å². The van der Waals surface area contributed by atoms with Gasteiger partial charge in [0, 0.05) is 37.2 Å². The Balaban J connectivity index is 1.85. The van der Waals surface area contributed by atoms with E-state index in [1.165, 1.54) is 0 Å². The van der Waals surface area contributed by atoms with E-state index >= 15 is 0 Å². The van der Waals surface area contributed by atoms with E-state index in [9.17, 15) is 18.0 Å². The van der Waals surface area contributed by atoms with Crippen molar-refractivity contribution < 1.29 is 18.0 Å². The highest BCUT2D eigenvalue weighted by Crippen LogP contribution is 2.39. The SMILES string of the molecule is CC(C)(C)C(c1nc(-c2cc(F)ccc2F)nn1Cc1ccccc1)N(CC[C@H](N)CF)C(=O)N1CCSCC1. The molecule has 0 bridgehead atoms. The van der Waals surface area contributed by atoms with E-state index in [1.807, 2.05) is 51.1 Å². The number of alkyl halides is 1. The maximum Gasteiger partial charge on any atom is 0.320 e. The van der Waals surface area contributed by atoms with Crippen molar-refractivity contribution in [2.45, 2.75) is 45.8 Å². The molecule has 40 heavy (non-hydrogen) atoms. The Morgan fingerprint density at radius 3 is 2.48 bits per heavy atom. The van der Waals surface area contributed by atoms with E-state index in [0.29, 0.717) is 25.5 Å². The van der Waals surface area contributed by atoms with E-state index in [2.05, 4.69) is 5.10 Å². The first-order valence-electron chi connectivity index (χ1n) is 13.5. The van der Waals surface area contributed by atoms with Crippen LogP contribution in [0.5, 0.6) is 0 Å². The molecule has 4 rings (SSSR count). The zero-order chi connectivity index (χ0) is 28.9. The summed E-state index contributed by atoms with van der Waals surface area (Å²) >= 11 is 1.79. The van der Waals surface area contributed by atoms with E-state index < -0.39 is 35.8 Å². The number of halogens is 3. The number of thioether (sulfide) groups is 1. The molecule has 1 unspecified atom stereocenters. The fraction of sp³-hybridized carbons (Fsp3) is 0.483. The van der Waals surface area contributed by atoms with Gasteiger partial charge < -0.3 is 15.5 Å². The van der Waals surface area contributed by atoms with Gasteiger partial charge in [0.2, 0.25) is 0 Å². The zero-order valence-electron chi connectivity index (χ0n) is 23.2. The van der Waals surface area contributed by atoms with Gasteiger partial charge in [-0.2, -0.15) is 16.9 Å². The van der Waals surface area contributed by atoms with Gasteiger partial charge in [-0.05, 0) is 35.6 Å². The van der Waals surface area contributed by atoms with E-state index in [4.69, 9.17) is 10.7 Å². The zero-order valence-corrected chi connectivity index (χ0v) is 24.0. The largest absolute Gasteiger partial charge is 0.325 e. The number of nitrogens with two attached hydrogens (primary N) is 1. The molecule has 1 aliphatic rings. The normalized spacial score (nSPS) is 15.6. The molecule has 0 aliphatic carbocycles. The first-order valence-corrected chi connectivity index (χ1v) is 14.6. The summed E-state index contributed by atoms with van der Waals surface area (Å²) in [4.78, 5) is 22.3. The lowest BCUT2D eigenvalue weighted by atomic mass is 9.84. The molecule has 2 amide bonds. The maximum absolute atomic E-state index is 14.9. The molecule has 2 heterocycles. The summed E-state index contributed by atoms with van der Waals surface area (Å²) in [6.07, 6.45) is 0.260. The average Bonchev–Trinajstić information content (AvgIpc) is 3.34. The van der Waals surface area contributed by atoms with Crippen molar-refractivity contribution in [3.8, 4) is 11.4 Å². The molecule has 3 aromatic rings. The third-order valence-corrected chi connectivity index (χ3v) is 7.83. The predicted octanol–water partition coefficient (Wildman–Crippen LogP) is 5.52. The molecule has 0 saturated carbocycles. The molecule has 216 valence electrons. The smallest absolute Gasteiger partial charge is 0.320 e. The fourth-order valence-electron chi connectivity index (χ4n) is 4.86. The van der Waals surface area contributed by atoms with Gasteiger partial charge >= 0.3 is 6.03 Å². The second-order valence-corrected chi connectivity index (χ2v) is 12.3. The number of benzene rings is 2. The molecule has 1 saturated heterocycles. The Bertz CT molecular complexity index is 1280. The number of amides is 2. The van der Waals surface area contributed by atoms with Gasteiger partial charge in [-0.3, -0.25) is 0 Å². The molecule has 11 heteroatoms. The van der Waals surface area contributed by atoms with Crippen LogP contribution in [0.15, 0.2) is 48.5 Å². The number of carbonyl (C=O) groups is 1. The summed E-state index contributed by atoms with van der Waals surface area (Å²) in [5.74, 6) is 0.867. The van der Waals surface area contributed by atoms with Gasteiger partial charge in [-0.15, -0.1) is 0 Å². The molecule has 0 radical (unpaired) electrons. The Labute approximate surface area is 237 Å². The molecule has 1 aromatic heterocycles. The number of carbonyl (C=O) groups excluding carboxylic acids is 1. The van der Waals surface area contributed by atoms with Crippen LogP contribution in [-0.2, 0) is 6.54 Å². The summed E-state index contributed by atoms with van der Waals surface area (Å²) < 4.78 is 44.1. The quantitative estimate of drug-likeness (QED) is 0.364. The number of aromatic nitrogens is 3. The summed E-state index contributed by atoms with van der Waals surface area (Å²) in [6, 6.07) is 11.2. The van der Waals surface area contributed by atoms with Crippen LogP contribution in [-0.4, -0.2) is 74.5 Å². The third-order valence-electron chi connectivity index (χ3n) is 6.89. The van der Waals surface area contributed by atoms with Gasteiger partial charge in [0.25, 0.3) is 0 Å². The minimum atomic E-state index is -0.716. The molecule has 1 fully saturated rings. The van der Waals surface area contributed by atoms with Crippen molar-refractivity contribution in [1.82, 2.24) is 24.6 Å². The fourth-order valence-corrected chi connectivity index (χ4v) is 5.76. The first-order chi connectivity index (χ1) is 19.1. The van der Waals surface area contributed by atoms with E-state index in [0.717, 1.165) is 35.3 Å². The summed E-state index contributed by atoms with van der Waals surface area (Å²) in [6.45, 7) is 6.98. The minimum absolute atomic E-state index is 0.0272. The van der Waals surface area contributed by atoms with Crippen LogP contribution in [0.3, 0.4) is 0 Å². The highest BCUT2D eigenvalue weighted by atomic mass is 32.2. The molecule has 7 nitrogen and oxygen atoms in total. The van der Waals surface area contributed by atoms with Gasteiger partial charge in [-0.25, -0.2) is 27.6 Å². The van der Waals surface area contributed by atoms with Crippen LogP contribution in [0.2, 0.25) is 0 Å². The maximum atomic E-state index is 14.9. The number of urea groups is 1. The van der Waals surface area contributed by atoms with Gasteiger partial charge in [-0.1, -0.05) is 51.1 Å². The monoisotopic (exact) mass is 574 g/mol. The van der Waals surface area contributed by atoms with Crippen molar-refractivity contribution in [2.75, 3.05) is 37.8 Å². The molecular formula is C29H37F3N6OS. The van der Waals surface area contributed by atoms with E-state index in [-0.39, 0.29) is 30.4 Å². The Morgan fingerprint density at radius 2 is 1.82 bits per heavy atom. The van der Waals surface area contributed by atoms with Gasteiger partial charge in [0.15, 0.2) is 11.6 Å². The second kappa shape index (κ2) is 13.1. The van der Waals surface area contributed by atoms with Crippen molar-refractivity contribution in [3.63, 3.8) is 0 Å². The Kier molecular flexibility index (Phi) is 9.78. The van der Waals surface area contributed by atoms with Crippen LogP contribution in [0.4, 0.5) is 18.0 Å². The topological polar surface area (TPSA) is 80.3 Å².